The van der Waals surface area contributed by atoms with E-state index in [4.69, 9.17) is 17.2 Å². The van der Waals surface area contributed by atoms with Crippen LogP contribution in [0.5, 0.6) is 0 Å². The molecule has 0 saturated carbocycles. The van der Waals surface area contributed by atoms with Crippen LogP contribution < -0.4 is 81.0 Å². The van der Waals surface area contributed by atoms with Crippen molar-refractivity contribution in [3.05, 3.63) is 0 Å². The number of likely N-dealkylation sites (tertiary alicyclic amines) is 1. The molecule has 1 heterocycles. The van der Waals surface area contributed by atoms with Gasteiger partial charge in [0, 0.05) is 52.6 Å². The first-order chi connectivity index (χ1) is 41.9. The Hall–Kier alpha value is -6.54. The van der Waals surface area contributed by atoms with Crippen LogP contribution in [0.4, 0.5) is 0 Å². The average molecular weight is 1280 g/mol. The molecule has 0 aromatic heterocycles. The Kier molecular flexibility index (Phi) is 38.4. The number of Topliss-reactive ketones (excluding diaryl/α,β-unsaturated/α-hetero) is 1. The molecule has 0 spiro atoms. The summed E-state index contributed by atoms with van der Waals surface area (Å²) in [5.74, 6) is -11.2. The molecule has 19 N–H and O–H groups in total. The highest BCUT2D eigenvalue weighted by Gasteiger charge is 2.41. The Balaban J connectivity index is 3.33. The number of hydrogen-bond donors (Lipinski definition) is 16. The number of amides is 12. The molecule has 1 rings (SSSR count). The van der Waals surface area contributed by atoms with Crippen molar-refractivity contribution in [2.75, 3.05) is 71.4 Å². The molecule has 89 heavy (non-hydrogen) atoms. The maximum absolute atomic E-state index is 14.3. The molecule has 31 heteroatoms. The van der Waals surface area contributed by atoms with Gasteiger partial charge in [-0.3, -0.25) is 57.5 Å². The molecule has 11 atom stereocenters. The largest absolute Gasteiger partial charge is 0.391 e. The summed E-state index contributed by atoms with van der Waals surface area (Å²) in [5, 5.41) is 42.9. The van der Waals surface area contributed by atoms with E-state index in [1.165, 1.54) is 37.6 Å². The highest BCUT2D eigenvalue weighted by atomic mass is 32.2. The smallest absolute Gasteiger partial charge is 0.246 e. The van der Waals surface area contributed by atoms with E-state index in [0.29, 0.717) is 64.3 Å². The number of aliphatic hydroxyl groups is 1. The zero-order valence-electron chi connectivity index (χ0n) is 54.2. The van der Waals surface area contributed by atoms with E-state index in [1.54, 1.807) is 48.5 Å². The lowest BCUT2D eigenvalue weighted by Gasteiger charge is -2.31. The molecule has 0 bridgehead atoms. The lowest BCUT2D eigenvalue weighted by atomic mass is 9.95. The molecular formula is C58H106N16O14S. The van der Waals surface area contributed by atoms with Gasteiger partial charge in [0.25, 0.3) is 0 Å². The van der Waals surface area contributed by atoms with E-state index in [0.717, 1.165) is 0 Å². The highest BCUT2D eigenvalue weighted by Crippen LogP contribution is 2.20. The van der Waals surface area contributed by atoms with Gasteiger partial charge in [-0.25, -0.2) is 0 Å². The maximum atomic E-state index is 14.3. The van der Waals surface area contributed by atoms with Crippen molar-refractivity contribution in [2.24, 2.45) is 46.8 Å². The minimum atomic E-state index is -1.73. The van der Waals surface area contributed by atoms with Crippen molar-refractivity contribution < 1.29 is 67.4 Å². The number of likely N-dealkylation sites (N-methyl/N-ethyl adjacent to an activating group) is 1. The fourth-order valence-electron chi connectivity index (χ4n) is 9.67. The van der Waals surface area contributed by atoms with Crippen LogP contribution >= 0.6 is 11.8 Å². The fourth-order valence-corrected chi connectivity index (χ4v) is 10.1. The quantitative estimate of drug-likeness (QED) is 0.0256. The van der Waals surface area contributed by atoms with Crippen molar-refractivity contribution in [2.45, 2.75) is 188 Å². The van der Waals surface area contributed by atoms with Crippen LogP contribution in [0.25, 0.3) is 0 Å². The van der Waals surface area contributed by atoms with E-state index in [2.05, 4.69) is 63.8 Å². The zero-order chi connectivity index (χ0) is 67.7. The number of aliphatic hydroxyl groups excluding tert-OH is 1. The van der Waals surface area contributed by atoms with Gasteiger partial charge < -0.3 is 95.8 Å². The van der Waals surface area contributed by atoms with Gasteiger partial charge >= 0.3 is 0 Å². The predicted molar refractivity (Wildman–Crippen MR) is 336 cm³/mol. The average Bonchev–Trinajstić information content (AvgIpc) is 4.14. The molecule has 1 fully saturated rings. The summed E-state index contributed by atoms with van der Waals surface area (Å²) in [6.45, 7) is 18.4. The third kappa shape index (κ3) is 29.8. The maximum Gasteiger partial charge on any atom is 0.246 e. The second kappa shape index (κ2) is 42.4. The van der Waals surface area contributed by atoms with Gasteiger partial charge in [0.05, 0.1) is 19.1 Å². The standard InChI is InChI=1S/C58H106N16O14S/c1-13-34(8)48(73-52(82)39(18-24-89-12)66-44(78)26-37(28-63-21-19-59)29-64-22-20-60)56(86)72-47(33(6)7)55(85)71-46(32(4)5)54(84)67-38(17-16-35(9)75)51(81)68-40(25-31(2)3)50(80)65-30-45(79)70-49(36(10)76)57(87)69-41(27-43(61)77)58(88)74-23-14-15-42(74)53(83)62-11/h31-34,36-42,46-49,63-64,76H,13-30,59-60H2,1-12H3,(H2,61,77)(H,62,83)(H,65,80)(H,66,78)(H,67,84)(H,68,81)(H,69,87)(H,70,79)(H,71,85)(H,72,86)(H,73,82)/t34-,36+,38-,39-,40-,41-,42?,46-,47-,48-,49-/m0/s1. The van der Waals surface area contributed by atoms with E-state index < -0.39 is 156 Å². The van der Waals surface area contributed by atoms with Gasteiger partial charge in [0.1, 0.15) is 60.2 Å². The summed E-state index contributed by atoms with van der Waals surface area (Å²) in [4.78, 5) is 177. The summed E-state index contributed by atoms with van der Waals surface area (Å²) in [6, 6.07) is -11.7. The van der Waals surface area contributed by atoms with E-state index in [1.807, 2.05) is 13.2 Å². The van der Waals surface area contributed by atoms with Crippen LogP contribution in [-0.4, -0.2) is 219 Å². The number of carbonyl (C=O) groups excluding carboxylic acids is 13. The topological polar surface area (TPSA) is 468 Å². The lowest BCUT2D eigenvalue weighted by molar-refractivity contribution is -0.143. The molecule has 0 radical (unpaired) electrons. The first-order valence-electron chi connectivity index (χ1n) is 30.8. The number of carbonyl (C=O) groups is 13. The Labute approximate surface area is 528 Å². The Morgan fingerprint density at radius 1 is 0.607 bits per heavy atom. The first-order valence-corrected chi connectivity index (χ1v) is 32.2. The predicted octanol–water partition coefficient (Wildman–Crippen LogP) is -4.40. The molecule has 30 nitrogen and oxygen atoms in total. The van der Waals surface area contributed by atoms with Crippen LogP contribution in [-0.2, 0) is 62.3 Å². The van der Waals surface area contributed by atoms with E-state index in [9.17, 15) is 67.4 Å². The van der Waals surface area contributed by atoms with Crippen molar-refractivity contribution in [1.29, 1.82) is 0 Å². The molecular weight excluding hydrogens is 1180 g/mol. The van der Waals surface area contributed by atoms with Gasteiger partial charge in [-0.05, 0) is 101 Å². The number of nitrogens with one attached hydrogen (secondary N) is 12. The lowest BCUT2D eigenvalue weighted by Crippen LogP contribution is -2.62. The van der Waals surface area contributed by atoms with Crippen LogP contribution in [0.15, 0.2) is 0 Å². The molecule has 1 aliphatic heterocycles. The SMILES string of the molecule is CC[C@H](C)[C@H](NC(=O)[C@H](CCSC)NC(=O)CC(CNCCN)CNCCN)C(=O)N[C@H](C(=O)N[C@H](C(=O)N[C@@H](CCC(C)=O)C(=O)N[C@@H](CC(C)C)C(=O)NCC(=O)N[C@H](C(=O)N[C@@H](CC(N)=O)C(=O)N1CCCC1C(=O)NC)[C@@H](C)O)C(C)C)C(C)C. The molecule has 1 aliphatic rings. The van der Waals surface area contributed by atoms with Crippen molar-refractivity contribution in [1.82, 2.24) is 68.7 Å². The second-order valence-electron chi connectivity index (χ2n) is 23.8. The number of nitrogens with two attached hydrogens (primary N) is 3. The number of primary amides is 1. The number of thioether (sulfide) groups is 1. The van der Waals surface area contributed by atoms with Crippen LogP contribution in [0, 0.1) is 29.6 Å². The van der Waals surface area contributed by atoms with Gasteiger partial charge in [0.2, 0.25) is 70.9 Å². The van der Waals surface area contributed by atoms with Crippen LogP contribution in [0.3, 0.4) is 0 Å². The molecule has 0 aromatic carbocycles. The Morgan fingerprint density at radius 2 is 1.11 bits per heavy atom. The molecule has 1 saturated heterocycles. The molecule has 1 unspecified atom stereocenters. The summed E-state index contributed by atoms with van der Waals surface area (Å²) in [7, 11) is 1.39. The third-order valence-corrected chi connectivity index (χ3v) is 15.5. The Bertz CT molecular complexity index is 2340. The van der Waals surface area contributed by atoms with Gasteiger partial charge in [-0.1, -0.05) is 61.8 Å². The number of nitrogens with zero attached hydrogens (tertiary/aromatic N) is 1. The van der Waals surface area contributed by atoms with Gasteiger partial charge in [-0.15, -0.1) is 0 Å². The normalized spacial score (nSPS) is 16.5. The number of ketones is 1. The van der Waals surface area contributed by atoms with Crippen LogP contribution in [0.1, 0.15) is 127 Å². The number of hydrogen-bond acceptors (Lipinski definition) is 19. The minimum Gasteiger partial charge on any atom is -0.391 e. The zero-order valence-corrected chi connectivity index (χ0v) is 55.0. The van der Waals surface area contributed by atoms with Gasteiger partial charge in [-0.2, -0.15) is 11.8 Å². The summed E-state index contributed by atoms with van der Waals surface area (Å²) in [5.41, 5.74) is 16.7. The summed E-state index contributed by atoms with van der Waals surface area (Å²) < 4.78 is 0. The molecule has 508 valence electrons. The number of rotatable bonds is 44. The molecule has 0 aromatic rings. The molecule has 12 amide bonds. The van der Waals surface area contributed by atoms with E-state index in [-0.39, 0.29) is 62.2 Å². The first kappa shape index (κ1) is 80.5. The monoisotopic (exact) mass is 1280 g/mol. The third-order valence-electron chi connectivity index (χ3n) is 14.9. The van der Waals surface area contributed by atoms with Crippen molar-refractivity contribution >= 4 is 88.4 Å². The fraction of sp³-hybridized carbons (Fsp3) is 0.776. The van der Waals surface area contributed by atoms with Crippen LogP contribution in [0.2, 0.25) is 0 Å². The minimum absolute atomic E-state index is 0.00514. The van der Waals surface area contributed by atoms with Crippen molar-refractivity contribution in [3.63, 3.8) is 0 Å². The molecule has 0 aliphatic carbocycles. The second-order valence-corrected chi connectivity index (χ2v) is 24.8. The van der Waals surface area contributed by atoms with E-state index >= 15 is 0 Å². The van der Waals surface area contributed by atoms with Gasteiger partial charge in [0.15, 0.2) is 0 Å². The Morgan fingerprint density at radius 3 is 1.61 bits per heavy atom. The summed E-state index contributed by atoms with van der Waals surface area (Å²) >= 11 is 1.48. The van der Waals surface area contributed by atoms with Crippen molar-refractivity contribution in [3.8, 4) is 0 Å². The summed E-state index contributed by atoms with van der Waals surface area (Å²) in [6.07, 6.45) is 0.764. The highest BCUT2D eigenvalue weighted by molar-refractivity contribution is 7.98.